The minimum Gasteiger partial charge on any atom is -0.367 e. The van der Waals surface area contributed by atoms with Crippen LogP contribution in [0.2, 0.25) is 0 Å². The van der Waals surface area contributed by atoms with E-state index in [0.29, 0.717) is 24.3 Å². The number of piperazine rings is 1. The number of para-hydroxylation sites is 1. The van der Waals surface area contributed by atoms with Crippen molar-refractivity contribution in [2.24, 2.45) is 0 Å². The largest absolute Gasteiger partial charge is 0.367 e. The highest BCUT2D eigenvalue weighted by Gasteiger charge is 2.19. The molecule has 2 aromatic rings. The molecule has 1 N–H and O–H groups in total. The smallest absolute Gasteiger partial charge is 0.274 e. The molecule has 1 aliphatic heterocycles. The highest BCUT2D eigenvalue weighted by molar-refractivity contribution is 6.03. The average Bonchev–Trinajstić information content (AvgIpc) is 2.68. The van der Waals surface area contributed by atoms with Gasteiger partial charge in [0.05, 0.1) is 23.1 Å². The third-order valence-electron chi connectivity index (χ3n) is 4.37. The van der Waals surface area contributed by atoms with Gasteiger partial charge in [0.2, 0.25) is 5.91 Å². The molecule has 1 aromatic heterocycles. The number of hydrogen-bond donors (Lipinski definition) is 1. The van der Waals surface area contributed by atoms with Gasteiger partial charge in [-0.3, -0.25) is 9.59 Å². The quantitative estimate of drug-likeness (QED) is 0.914. The van der Waals surface area contributed by atoms with Crippen molar-refractivity contribution in [2.45, 2.75) is 6.92 Å². The lowest BCUT2D eigenvalue weighted by atomic mass is 10.2. The maximum absolute atomic E-state index is 12.3. The Morgan fingerprint density at radius 3 is 2.46 bits per heavy atom. The van der Waals surface area contributed by atoms with Crippen molar-refractivity contribution in [3.63, 3.8) is 0 Å². The van der Waals surface area contributed by atoms with Crippen LogP contribution in [-0.4, -0.2) is 47.9 Å². The molecule has 7 nitrogen and oxygen atoms in total. The van der Waals surface area contributed by atoms with Crippen LogP contribution in [0.5, 0.6) is 0 Å². The fraction of sp³-hybridized carbons (Fsp3) is 0.263. The van der Waals surface area contributed by atoms with Gasteiger partial charge in [0.1, 0.15) is 11.8 Å². The van der Waals surface area contributed by atoms with Crippen LogP contribution in [0, 0.1) is 11.3 Å². The predicted octanol–water partition coefficient (Wildman–Crippen LogP) is 1.87. The van der Waals surface area contributed by atoms with Crippen molar-refractivity contribution in [3.8, 4) is 6.07 Å². The maximum Gasteiger partial charge on any atom is 0.274 e. The second kappa shape index (κ2) is 7.66. The Bertz CT molecular complexity index is 849. The van der Waals surface area contributed by atoms with Crippen LogP contribution < -0.4 is 10.2 Å². The first-order valence-corrected chi connectivity index (χ1v) is 8.35. The molecule has 0 spiro atoms. The number of nitrogens with one attached hydrogen (secondary N) is 1. The zero-order valence-electron chi connectivity index (χ0n) is 14.5. The molecule has 1 aliphatic rings. The maximum atomic E-state index is 12.3. The van der Waals surface area contributed by atoms with Crippen molar-refractivity contribution >= 4 is 23.2 Å². The van der Waals surface area contributed by atoms with E-state index in [1.807, 2.05) is 17.0 Å². The number of amides is 2. The minimum atomic E-state index is -0.361. The highest BCUT2D eigenvalue weighted by atomic mass is 16.2. The molecule has 0 radical (unpaired) electrons. The van der Waals surface area contributed by atoms with Gasteiger partial charge in [-0.1, -0.05) is 12.1 Å². The van der Waals surface area contributed by atoms with Crippen LogP contribution in [0.1, 0.15) is 23.0 Å². The first kappa shape index (κ1) is 17.4. The Labute approximate surface area is 151 Å². The lowest BCUT2D eigenvalue weighted by molar-refractivity contribution is -0.129. The minimum absolute atomic E-state index is 0.0902. The molecule has 2 amide bonds. The summed E-state index contributed by atoms with van der Waals surface area (Å²) in [6, 6.07) is 12.4. The number of pyridine rings is 1. The summed E-state index contributed by atoms with van der Waals surface area (Å²) in [4.78, 5) is 31.9. The van der Waals surface area contributed by atoms with Gasteiger partial charge in [-0.25, -0.2) is 4.98 Å². The molecule has 0 unspecified atom stereocenters. The van der Waals surface area contributed by atoms with Gasteiger partial charge in [0, 0.05) is 33.1 Å². The molecule has 7 heteroatoms. The van der Waals surface area contributed by atoms with E-state index < -0.39 is 0 Å². The van der Waals surface area contributed by atoms with E-state index in [2.05, 4.69) is 15.2 Å². The molecule has 132 valence electrons. The summed E-state index contributed by atoms with van der Waals surface area (Å²) < 4.78 is 0. The number of nitrogens with zero attached hydrogens (tertiary/aromatic N) is 4. The number of carbonyl (C=O) groups is 2. The average molecular weight is 349 g/mol. The Kier molecular flexibility index (Phi) is 5.13. The number of benzene rings is 1. The monoisotopic (exact) mass is 349 g/mol. The van der Waals surface area contributed by atoms with E-state index in [9.17, 15) is 9.59 Å². The molecule has 26 heavy (non-hydrogen) atoms. The van der Waals surface area contributed by atoms with Crippen molar-refractivity contribution in [1.29, 1.82) is 5.26 Å². The van der Waals surface area contributed by atoms with Crippen molar-refractivity contribution in [1.82, 2.24) is 9.88 Å². The molecule has 0 atom stereocenters. The summed E-state index contributed by atoms with van der Waals surface area (Å²) in [6.07, 6.45) is 1.66. The van der Waals surface area contributed by atoms with Gasteiger partial charge in [-0.15, -0.1) is 0 Å². The summed E-state index contributed by atoms with van der Waals surface area (Å²) in [5, 5.41) is 11.8. The van der Waals surface area contributed by atoms with Crippen LogP contribution in [0.4, 0.5) is 11.4 Å². The molecule has 2 heterocycles. The fourth-order valence-corrected chi connectivity index (χ4v) is 2.86. The van der Waals surface area contributed by atoms with Crippen LogP contribution in [0.15, 0.2) is 42.6 Å². The first-order chi connectivity index (χ1) is 12.6. The molecule has 0 saturated carbocycles. The van der Waals surface area contributed by atoms with Gasteiger partial charge in [0.15, 0.2) is 0 Å². The fourth-order valence-electron chi connectivity index (χ4n) is 2.86. The summed E-state index contributed by atoms with van der Waals surface area (Å²) >= 11 is 0. The van der Waals surface area contributed by atoms with Gasteiger partial charge in [0.25, 0.3) is 5.91 Å². The molecular weight excluding hydrogens is 330 g/mol. The van der Waals surface area contributed by atoms with E-state index in [4.69, 9.17) is 5.26 Å². The van der Waals surface area contributed by atoms with Crippen LogP contribution in [0.25, 0.3) is 0 Å². The Morgan fingerprint density at radius 2 is 1.85 bits per heavy atom. The van der Waals surface area contributed by atoms with Gasteiger partial charge in [-0.05, 0) is 24.3 Å². The number of carbonyl (C=O) groups excluding carboxylic acids is 2. The molecule has 0 bridgehead atoms. The first-order valence-electron chi connectivity index (χ1n) is 8.35. The molecular formula is C19H19N5O2. The zero-order chi connectivity index (χ0) is 18.5. The number of anilines is 2. The molecule has 0 aliphatic carbocycles. The predicted molar refractivity (Wildman–Crippen MR) is 97.8 cm³/mol. The van der Waals surface area contributed by atoms with Crippen molar-refractivity contribution < 1.29 is 9.59 Å². The van der Waals surface area contributed by atoms with E-state index >= 15 is 0 Å². The standard InChI is InChI=1S/C19H19N5O2/c1-14(25)23-8-10-24(11-9-23)16-6-7-18(21-13-16)19(26)22-17-5-3-2-4-15(17)12-20/h2-7,13H,8-11H2,1H3,(H,22,26). The molecule has 1 saturated heterocycles. The molecule has 3 rings (SSSR count). The van der Waals surface area contributed by atoms with Crippen LogP contribution in [-0.2, 0) is 4.79 Å². The number of rotatable bonds is 3. The van der Waals surface area contributed by atoms with Crippen LogP contribution in [0.3, 0.4) is 0 Å². The van der Waals surface area contributed by atoms with Gasteiger partial charge in [-0.2, -0.15) is 5.26 Å². The highest BCUT2D eigenvalue weighted by Crippen LogP contribution is 2.18. The summed E-state index contributed by atoms with van der Waals surface area (Å²) in [5.74, 6) is -0.270. The normalized spacial score (nSPS) is 13.8. The molecule has 1 aromatic carbocycles. The summed E-state index contributed by atoms with van der Waals surface area (Å²) in [7, 11) is 0. The van der Waals surface area contributed by atoms with Gasteiger partial charge < -0.3 is 15.1 Å². The summed E-state index contributed by atoms with van der Waals surface area (Å²) in [5.41, 5.74) is 2.07. The van der Waals surface area contributed by atoms with Gasteiger partial charge >= 0.3 is 0 Å². The van der Waals surface area contributed by atoms with E-state index in [1.54, 1.807) is 43.5 Å². The van der Waals surface area contributed by atoms with E-state index in [1.165, 1.54) is 0 Å². The van der Waals surface area contributed by atoms with Crippen molar-refractivity contribution in [3.05, 3.63) is 53.9 Å². The third kappa shape index (κ3) is 3.81. The van der Waals surface area contributed by atoms with E-state index in [0.717, 1.165) is 18.8 Å². The van der Waals surface area contributed by atoms with Crippen LogP contribution >= 0.6 is 0 Å². The SMILES string of the molecule is CC(=O)N1CCN(c2ccc(C(=O)Nc3ccccc3C#N)nc2)CC1. The van der Waals surface area contributed by atoms with E-state index in [-0.39, 0.29) is 17.5 Å². The summed E-state index contributed by atoms with van der Waals surface area (Å²) in [6.45, 7) is 4.42. The number of hydrogen-bond acceptors (Lipinski definition) is 5. The zero-order valence-corrected chi connectivity index (χ0v) is 14.5. The topological polar surface area (TPSA) is 89.3 Å². The number of aromatic nitrogens is 1. The Hall–Kier alpha value is -3.40. The lowest BCUT2D eigenvalue weighted by Gasteiger charge is -2.35. The third-order valence-corrected chi connectivity index (χ3v) is 4.37. The second-order valence-corrected chi connectivity index (χ2v) is 6.01. The molecule has 1 fully saturated rings. The second-order valence-electron chi connectivity index (χ2n) is 6.01. The Balaban J connectivity index is 1.65. The number of nitriles is 1. The van der Waals surface area contributed by atoms with Crippen molar-refractivity contribution in [2.75, 3.05) is 36.4 Å². The Morgan fingerprint density at radius 1 is 1.12 bits per heavy atom. The lowest BCUT2D eigenvalue weighted by Crippen LogP contribution is -2.48.